The van der Waals surface area contributed by atoms with E-state index >= 15 is 0 Å². The van der Waals surface area contributed by atoms with Crippen LogP contribution in [0.2, 0.25) is 0 Å². The second kappa shape index (κ2) is 5.15. The van der Waals surface area contributed by atoms with Gasteiger partial charge in [-0.1, -0.05) is 19.3 Å². The fraction of sp³-hybridized carbons (Fsp3) is 0.462. The highest BCUT2D eigenvalue weighted by Crippen LogP contribution is 2.42. The van der Waals surface area contributed by atoms with Crippen molar-refractivity contribution in [3.63, 3.8) is 0 Å². The van der Waals surface area contributed by atoms with E-state index in [-0.39, 0.29) is 12.8 Å². The molecule has 0 atom stereocenters. The van der Waals surface area contributed by atoms with E-state index in [1.54, 1.807) is 0 Å². The third kappa shape index (κ3) is 2.26. The maximum atomic E-state index is 14.0. The number of hydrogen-bond acceptors (Lipinski definition) is 1. The summed E-state index contributed by atoms with van der Waals surface area (Å²) >= 11 is 2.61. The Bertz CT molecular complexity index is 525. The molecular formula is C13H12BrF3O2. The quantitative estimate of drug-likeness (QED) is 0.650. The molecule has 1 aromatic rings. The molecule has 0 unspecified atom stereocenters. The van der Waals surface area contributed by atoms with Crippen molar-refractivity contribution in [1.82, 2.24) is 0 Å². The summed E-state index contributed by atoms with van der Waals surface area (Å²) in [4.78, 5) is 11.5. The number of rotatable bonds is 2. The number of hydrogen-bond donors (Lipinski definition) is 1. The van der Waals surface area contributed by atoms with Crippen LogP contribution in [0.3, 0.4) is 0 Å². The van der Waals surface area contributed by atoms with Crippen LogP contribution in [0.4, 0.5) is 13.2 Å². The van der Waals surface area contributed by atoms with E-state index in [4.69, 9.17) is 0 Å². The molecule has 6 heteroatoms. The van der Waals surface area contributed by atoms with Gasteiger partial charge in [0, 0.05) is 5.56 Å². The van der Waals surface area contributed by atoms with Crippen LogP contribution in [0, 0.1) is 17.5 Å². The number of carbonyl (C=O) groups is 1. The normalized spacial score (nSPS) is 18.3. The van der Waals surface area contributed by atoms with Gasteiger partial charge in [-0.3, -0.25) is 4.79 Å². The third-order valence-corrected chi connectivity index (χ3v) is 4.46. The van der Waals surface area contributed by atoms with Crippen LogP contribution in [-0.4, -0.2) is 11.1 Å². The first kappa shape index (κ1) is 14.4. The van der Waals surface area contributed by atoms with Gasteiger partial charge < -0.3 is 5.11 Å². The van der Waals surface area contributed by atoms with Gasteiger partial charge in [-0.15, -0.1) is 0 Å². The lowest BCUT2D eigenvalue weighted by atomic mass is 9.69. The minimum atomic E-state index is -1.52. The molecule has 0 bridgehead atoms. The minimum Gasteiger partial charge on any atom is -0.481 e. The Morgan fingerprint density at radius 3 is 2.26 bits per heavy atom. The molecule has 1 fully saturated rings. The topological polar surface area (TPSA) is 37.3 Å². The number of carboxylic acids is 1. The first-order chi connectivity index (χ1) is 8.90. The van der Waals surface area contributed by atoms with E-state index < -0.39 is 38.9 Å². The molecule has 1 aliphatic carbocycles. The van der Waals surface area contributed by atoms with E-state index in [1.165, 1.54) is 0 Å². The summed E-state index contributed by atoms with van der Waals surface area (Å²) in [6, 6.07) is 0.794. The lowest BCUT2D eigenvalue weighted by Gasteiger charge is -2.34. The van der Waals surface area contributed by atoms with E-state index in [2.05, 4.69) is 15.9 Å². The Balaban J connectivity index is 2.64. The zero-order valence-electron chi connectivity index (χ0n) is 9.98. The van der Waals surface area contributed by atoms with Crippen LogP contribution >= 0.6 is 15.9 Å². The smallest absolute Gasteiger partial charge is 0.314 e. The van der Waals surface area contributed by atoms with Gasteiger partial charge in [0.15, 0.2) is 11.6 Å². The number of carboxylic acid groups (broad SMARTS) is 1. The fourth-order valence-corrected chi connectivity index (χ4v) is 2.96. The van der Waals surface area contributed by atoms with Gasteiger partial charge in [0.05, 0.1) is 9.89 Å². The Labute approximate surface area is 116 Å². The highest BCUT2D eigenvalue weighted by molar-refractivity contribution is 9.10. The molecule has 0 aliphatic heterocycles. The van der Waals surface area contributed by atoms with Gasteiger partial charge in [0.25, 0.3) is 0 Å². The highest BCUT2D eigenvalue weighted by Gasteiger charge is 2.44. The summed E-state index contributed by atoms with van der Waals surface area (Å²) < 4.78 is 40.5. The van der Waals surface area contributed by atoms with Crippen LogP contribution in [0.5, 0.6) is 0 Å². The third-order valence-electron chi connectivity index (χ3n) is 3.73. The lowest BCUT2D eigenvalue weighted by Crippen LogP contribution is -2.39. The van der Waals surface area contributed by atoms with Crippen molar-refractivity contribution in [3.8, 4) is 0 Å². The van der Waals surface area contributed by atoms with Gasteiger partial charge in [-0.05, 0) is 34.8 Å². The molecular weight excluding hydrogens is 325 g/mol. The van der Waals surface area contributed by atoms with Crippen LogP contribution in [0.15, 0.2) is 10.5 Å². The second-order valence-corrected chi connectivity index (χ2v) is 5.59. The summed E-state index contributed by atoms with van der Waals surface area (Å²) in [5, 5.41) is 9.39. The molecule has 0 saturated heterocycles. The van der Waals surface area contributed by atoms with Crippen molar-refractivity contribution < 1.29 is 23.1 Å². The van der Waals surface area contributed by atoms with Crippen LogP contribution in [0.1, 0.15) is 37.7 Å². The van der Waals surface area contributed by atoms with Crippen molar-refractivity contribution in [2.75, 3.05) is 0 Å². The van der Waals surface area contributed by atoms with E-state index in [1.807, 2.05) is 0 Å². The average molecular weight is 337 g/mol. The van der Waals surface area contributed by atoms with E-state index in [9.17, 15) is 23.1 Å². The largest absolute Gasteiger partial charge is 0.481 e. The number of benzene rings is 1. The Morgan fingerprint density at radius 2 is 1.74 bits per heavy atom. The Kier molecular flexibility index (Phi) is 3.90. The van der Waals surface area contributed by atoms with E-state index in [0.717, 1.165) is 12.5 Å². The molecule has 0 spiro atoms. The molecule has 0 amide bonds. The average Bonchev–Trinajstić information content (AvgIpc) is 2.41. The van der Waals surface area contributed by atoms with Crippen molar-refractivity contribution in [2.24, 2.45) is 0 Å². The predicted octanol–water partition coefficient (Wildman–Crippen LogP) is 4.15. The van der Waals surface area contributed by atoms with Gasteiger partial charge >= 0.3 is 5.97 Å². The molecule has 1 aliphatic rings. The minimum absolute atomic E-state index is 0.194. The maximum absolute atomic E-state index is 14.0. The van der Waals surface area contributed by atoms with Crippen molar-refractivity contribution in [2.45, 2.75) is 37.5 Å². The maximum Gasteiger partial charge on any atom is 0.314 e. The number of halogens is 4. The molecule has 19 heavy (non-hydrogen) atoms. The SMILES string of the molecule is O=C(O)C1(c2cc(F)c(Br)c(F)c2F)CCCCC1. The molecule has 1 saturated carbocycles. The summed E-state index contributed by atoms with van der Waals surface area (Å²) in [6.07, 6.45) is 2.44. The van der Waals surface area contributed by atoms with Crippen LogP contribution in [-0.2, 0) is 10.2 Å². The van der Waals surface area contributed by atoms with Crippen molar-refractivity contribution >= 4 is 21.9 Å². The van der Waals surface area contributed by atoms with Gasteiger partial charge in [-0.2, -0.15) is 0 Å². The zero-order chi connectivity index (χ0) is 14.2. The molecule has 2 nitrogen and oxygen atoms in total. The summed E-state index contributed by atoms with van der Waals surface area (Å²) in [5.41, 5.74) is -1.91. The first-order valence-corrected chi connectivity index (χ1v) is 6.76. The van der Waals surface area contributed by atoms with Gasteiger partial charge in [0.1, 0.15) is 5.82 Å². The molecule has 1 N–H and O–H groups in total. The second-order valence-electron chi connectivity index (χ2n) is 4.80. The van der Waals surface area contributed by atoms with Crippen molar-refractivity contribution in [3.05, 3.63) is 33.6 Å². The van der Waals surface area contributed by atoms with E-state index in [0.29, 0.717) is 12.8 Å². The standard InChI is InChI=1S/C13H12BrF3O2/c14-9-8(15)6-7(10(16)11(9)17)13(12(18)19)4-2-1-3-5-13/h6H,1-5H2,(H,18,19). The predicted molar refractivity (Wildman–Crippen MR) is 66.4 cm³/mol. The summed E-state index contributed by atoms with van der Waals surface area (Å²) in [6.45, 7) is 0. The molecule has 1 aromatic carbocycles. The molecule has 0 heterocycles. The summed E-state index contributed by atoms with van der Waals surface area (Å²) in [7, 11) is 0. The summed E-state index contributed by atoms with van der Waals surface area (Å²) in [5.74, 6) is -4.87. The van der Waals surface area contributed by atoms with Crippen LogP contribution in [0.25, 0.3) is 0 Å². The lowest BCUT2D eigenvalue weighted by molar-refractivity contribution is -0.145. The number of aliphatic carboxylic acids is 1. The monoisotopic (exact) mass is 336 g/mol. The Morgan fingerprint density at radius 1 is 1.16 bits per heavy atom. The molecule has 0 radical (unpaired) electrons. The highest BCUT2D eigenvalue weighted by atomic mass is 79.9. The first-order valence-electron chi connectivity index (χ1n) is 5.97. The molecule has 2 rings (SSSR count). The van der Waals surface area contributed by atoms with Crippen molar-refractivity contribution in [1.29, 1.82) is 0 Å². The van der Waals surface area contributed by atoms with Gasteiger partial charge in [-0.25, -0.2) is 13.2 Å². The molecule has 104 valence electrons. The van der Waals surface area contributed by atoms with Crippen LogP contribution < -0.4 is 0 Å². The fourth-order valence-electron chi connectivity index (χ4n) is 2.67. The molecule has 0 aromatic heterocycles. The van der Waals surface area contributed by atoms with Gasteiger partial charge in [0.2, 0.25) is 0 Å². The Hall–Kier alpha value is -1.04. The zero-order valence-corrected chi connectivity index (χ0v) is 11.6.